The number of rotatable bonds is 3. The Hall–Kier alpha value is -1.43. The van der Waals surface area contributed by atoms with Gasteiger partial charge in [-0.1, -0.05) is 35.3 Å². The van der Waals surface area contributed by atoms with E-state index in [2.05, 4.69) is 4.98 Å². The van der Waals surface area contributed by atoms with Gasteiger partial charge in [0.25, 0.3) is 0 Å². The Balaban J connectivity index is 0.00000162. The standard InChI is InChI=1S/C12H12N2O2S.ClH/c13-12-6-5-9(7-14-12)11-4-2-1-3-10(11)8-17(15)16;/h1-7H,8H2,(H2,13,14)(H,15,16);1H/p-1. The number of nitrogens with zero attached hydrogens (tertiary/aromatic N) is 1. The van der Waals surface area contributed by atoms with E-state index in [0.717, 1.165) is 16.7 Å². The van der Waals surface area contributed by atoms with Crippen LogP contribution in [-0.4, -0.2) is 13.7 Å². The predicted molar refractivity (Wildman–Crippen MR) is 74.0 cm³/mol. The van der Waals surface area contributed by atoms with Crippen LogP contribution >= 0.6 is 12.4 Å². The molecule has 6 heteroatoms. The van der Waals surface area contributed by atoms with Crippen molar-refractivity contribution in [1.82, 2.24) is 4.98 Å². The quantitative estimate of drug-likeness (QED) is 0.875. The predicted octanol–water partition coefficient (Wildman–Crippen LogP) is 2.13. The monoisotopic (exact) mass is 283 g/mol. The third-order valence-electron chi connectivity index (χ3n) is 2.39. The van der Waals surface area contributed by atoms with Gasteiger partial charge in [-0.25, -0.2) is 4.98 Å². The summed E-state index contributed by atoms with van der Waals surface area (Å²) >= 11 is -2.10. The summed E-state index contributed by atoms with van der Waals surface area (Å²) in [6, 6.07) is 10.9. The van der Waals surface area contributed by atoms with Crippen LogP contribution in [0, 0.1) is 0 Å². The molecule has 0 saturated carbocycles. The van der Waals surface area contributed by atoms with Crippen molar-refractivity contribution in [2.45, 2.75) is 5.75 Å². The van der Waals surface area contributed by atoms with Crippen molar-refractivity contribution in [2.75, 3.05) is 5.73 Å². The molecule has 0 amide bonds. The minimum absolute atomic E-state index is 0. The fourth-order valence-electron chi connectivity index (χ4n) is 1.62. The molecule has 0 aliphatic rings. The zero-order chi connectivity index (χ0) is 12.3. The fourth-order valence-corrected chi connectivity index (χ4v) is 2.13. The van der Waals surface area contributed by atoms with Crippen molar-refractivity contribution in [3.63, 3.8) is 0 Å². The largest absolute Gasteiger partial charge is 0.772 e. The lowest BCUT2D eigenvalue weighted by molar-refractivity contribution is 0.536. The third-order valence-corrected chi connectivity index (χ3v) is 2.93. The molecule has 1 atom stereocenters. The molecule has 1 unspecified atom stereocenters. The molecule has 1 aromatic heterocycles. The highest BCUT2D eigenvalue weighted by atomic mass is 35.5. The van der Waals surface area contributed by atoms with E-state index in [0.29, 0.717) is 5.82 Å². The molecular weight excluding hydrogens is 272 g/mol. The summed E-state index contributed by atoms with van der Waals surface area (Å²) in [7, 11) is 0. The molecule has 4 nitrogen and oxygen atoms in total. The molecule has 0 aliphatic carbocycles. The van der Waals surface area contributed by atoms with E-state index in [1.807, 2.05) is 24.3 Å². The second-order valence-corrected chi connectivity index (χ2v) is 4.47. The fraction of sp³-hybridized carbons (Fsp3) is 0.0833. The highest BCUT2D eigenvalue weighted by Gasteiger charge is 2.04. The number of aromatic nitrogens is 1. The molecule has 2 N–H and O–H groups in total. The van der Waals surface area contributed by atoms with Gasteiger partial charge in [0, 0.05) is 17.5 Å². The van der Waals surface area contributed by atoms with Crippen molar-refractivity contribution < 1.29 is 8.76 Å². The second-order valence-electron chi connectivity index (χ2n) is 3.58. The summed E-state index contributed by atoms with van der Waals surface area (Å²) in [5.41, 5.74) is 8.00. The van der Waals surface area contributed by atoms with E-state index < -0.39 is 11.1 Å². The van der Waals surface area contributed by atoms with Crippen LogP contribution < -0.4 is 5.73 Å². The van der Waals surface area contributed by atoms with Gasteiger partial charge in [-0.3, -0.25) is 4.21 Å². The second kappa shape index (κ2) is 6.49. The zero-order valence-corrected chi connectivity index (χ0v) is 11.0. The van der Waals surface area contributed by atoms with Gasteiger partial charge < -0.3 is 10.3 Å². The van der Waals surface area contributed by atoms with Crippen LogP contribution in [0.4, 0.5) is 5.82 Å². The van der Waals surface area contributed by atoms with E-state index in [1.54, 1.807) is 18.3 Å². The van der Waals surface area contributed by atoms with Crippen molar-refractivity contribution >= 4 is 29.3 Å². The Kier molecular flexibility index (Phi) is 5.27. The number of nitrogen functional groups attached to an aromatic ring is 1. The Morgan fingerprint density at radius 3 is 2.56 bits per heavy atom. The molecule has 1 heterocycles. The molecule has 96 valence electrons. The van der Waals surface area contributed by atoms with Crippen LogP contribution in [0.15, 0.2) is 42.6 Å². The first-order valence-electron chi connectivity index (χ1n) is 5.02. The van der Waals surface area contributed by atoms with Gasteiger partial charge >= 0.3 is 0 Å². The molecular formula is C12H12ClN2O2S-. The minimum Gasteiger partial charge on any atom is -0.772 e. The summed E-state index contributed by atoms with van der Waals surface area (Å²) in [5.74, 6) is 0.444. The van der Waals surface area contributed by atoms with Crippen LogP contribution in [0.2, 0.25) is 0 Å². The molecule has 0 fully saturated rings. The van der Waals surface area contributed by atoms with Crippen molar-refractivity contribution in [3.8, 4) is 11.1 Å². The SMILES string of the molecule is Cl.Nc1ccc(-c2ccccc2CS(=O)[O-])cn1. The van der Waals surface area contributed by atoms with Gasteiger partial charge in [0.2, 0.25) is 0 Å². The molecule has 0 saturated heterocycles. The molecule has 2 rings (SSSR count). The first kappa shape index (κ1) is 14.6. The van der Waals surface area contributed by atoms with Gasteiger partial charge in [-0.05, 0) is 23.3 Å². The maximum atomic E-state index is 10.8. The Morgan fingerprint density at radius 1 is 1.22 bits per heavy atom. The summed E-state index contributed by atoms with van der Waals surface area (Å²) in [6.07, 6.45) is 1.64. The summed E-state index contributed by atoms with van der Waals surface area (Å²) < 4.78 is 21.5. The minimum atomic E-state index is -2.10. The smallest absolute Gasteiger partial charge is 0.123 e. The Bertz CT molecular complexity index is 546. The molecule has 1 aromatic carbocycles. The summed E-state index contributed by atoms with van der Waals surface area (Å²) in [4.78, 5) is 4.00. The molecule has 2 aromatic rings. The highest BCUT2D eigenvalue weighted by molar-refractivity contribution is 7.78. The number of pyridine rings is 1. The number of anilines is 1. The van der Waals surface area contributed by atoms with Crippen LogP contribution in [0.1, 0.15) is 5.56 Å². The first-order chi connectivity index (χ1) is 8.16. The van der Waals surface area contributed by atoms with E-state index in [4.69, 9.17) is 5.73 Å². The zero-order valence-electron chi connectivity index (χ0n) is 9.41. The third kappa shape index (κ3) is 3.53. The average molecular weight is 284 g/mol. The van der Waals surface area contributed by atoms with Gasteiger partial charge in [-0.2, -0.15) is 0 Å². The topological polar surface area (TPSA) is 79.0 Å². The van der Waals surface area contributed by atoms with E-state index in [-0.39, 0.29) is 18.2 Å². The maximum Gasteiger partial charge on any atom is 0.123 e. The number of benzene rings is 1. The molecule has 0 aliphatic heterocycles. The molecule has 0 radical (unpaired) electrons. The lowest BCUT2D eigenvalue weighted by Crippen LogP contribution is -1.97. The van der Waals surface area contributed by atoms with Crippen LogP contribution in [-0.2, 0) is 16.8 Å². The van der Waals surface area contributed by atoms with Crippen LogP contribution in [0.3, 0.4) is 0 Å². The summed E-state index contributed by atoms with van der Waals surface area (Å²) in [6.45, 7) is 0. The molecule has 0 spiro atoms. The van der Waals surface area contributed by atoms with Gasteiger partial charge in [0.1, 0.15) is 5.82 Å². The Morgan fingerprint density at radius 2 is 1.94 bits per heavy atom. The van der Waals surface area contributed by atoms with E-state index >= 15 is 0 Å². The van der Waals surface area contributed by atoms with Gasteiger partial charge in [0.15, 0.2) is 0 Å². The maximum absolute atomic E-state index is 10.8. The lowest BCUT2D eigenvalue weighted by atomic mass is 10.0. The van der Waals surface area contributed by atoms with Crippen molar-refractivity contribution in [3.05, 3.63) is 48.2 Å². The number of halogens is 1. The lowest BCUT2D eigenvalue weighted by Gasteiger charge is -2.11. The number of hydrogen-bond donors (Lipinski definition) is 1. The average Bonchev–Trinajstić information content (AvgIpc) is 2.30. The highest BCUT2D eigenvalue weighted by Crippen LogP contribution is 2.24. The van der Waals surface area contributed by atoms with Gasteiger partial charge in [-0.15, -0.1) is 12.4 Å². The number of nitrogens with two attached hydrogens (primary N) is 1. The normalized spacial score (nSPS) is 11.6. The first-order valence-corrected chi connectivity index (χ1v) is 6.27. The Labute approximate surface area is 114 Å². The van der Waals surface area contributed by atoms with Crippen molar-refractivity contribution in [2.24, 2.45) is 0 Å². The molecule has 0 bridgehead atoms. The van der Waals surface area contributed by atoms with E-state index in [1.165, 1.54) is 0 Å². The molecule has 18 heavy (non-hydrogen) atoms. The summed E-state index contributed by atoms with van der Waals surface area (Å²) in [5, 5.41) is 0. The van der Waals surface area contributed by atoms with Crippen molar-refractivity contribution in [1.29, 1.82) is 0 Å². The number of hydrogen-bond acceptors (Lipinski definition) is 4. The van der Waals surface area contributed by atoms with Crippen LogP contribution in [0.25, 0.3) is 11.1 Å². The van der Waals surface area contributed by atoms with Gasteiger partial charge in [0.05, 0.1) is 0 Å². The van der Waals surface area contributed by atoms with E-state index in [9.17, 15) is 8.76 Å². The van der Waals surface area contributed by atoms with Crippen LogP contribution in [0.5, 0.6) is 0 Å².